The maximum atomic E-state index is 12.7. The number of carbonyl (C=O) groups is 2. The Morgan fingerprint density at radius 3 is 2.50 bits per heavy atom. The molecule has 26 heavy (non-hydrogen) atoms. The molecule has 1 aromatic carbocycles. The van der Waals surface area contributed by atoms with Crippen LogP contribution >= 0.6 is 0 Å². The zero-order chi connectivity index (χ0) is 19.1. The van der Waals surface area contributed by atoms with Crippen molar-refractivity contribution in [2.75, 3.05) is 33.7 Å². The van der Waals surface area contributed by atoms with Crippen molar-refractivity contribution in [2.45, 2.75) is 38.8 Å². The summed E-state index contributed by atoms with van der Waals surface area (Å²) in [7, 11) is 3.96. The number of likely N-dealkylation sites (tertiary alicyclic amines) is 1. The summed E-state index contributed by atoms with van der Waals surface area (Å²) in [6, 6.07) is 10.1. The minimum atomic E-state index is -0.157. The summed E-state index contributed by atoms with van der Waals surface area (Å²) in [6.45, 7) is 5.78. The van der Waals surface area contributed by atoms with E-state index in [-0.39, 0.29) is 29.9 Å². The first-order valence-electron chi connectivity index (χ1n) is 9.43. The minimum Gasteiger partial charge on any atom is -0.355 e. The maximum Gasteiger partial charge on any atom is 0.318 e. The first-order chi connectivity index (χ1) is 12.4. The molecule has 1 aromatic rings. The number of amides is 3. The molecule has 0 saturated carbocycles. The highest BCUT2D eigenvalue weighted by Crippen LogP contribution is 2.33. The fourth-order valence-electron chi connectivity index (χ4n) is 3.31. The van der Waals surface area contributed by atoms with Gasteiger partial charge in [0, 0.05) is 25.7 Å². The van der Waals surface area contributed by atoms with E-state index in [1.165, 1.54) is 0 Å². The molecule has 6 heteroatoms. The zero-order valence-electron chi connectivity index (χ0n) is 16.4. The van der Waals surface area contributed by atoms with Crippen LogP contribution in [0.2, 0.25) is 0 Å². The van der Waals surface area contributed by atoms with Crippen molar-refractivity contribution in [3.8, 4) is 0 Å². The van der Waals surface area contributed by atoms with Gasteiger partial charge in [-0.25, -0.2) is 4.79 Å². The molecule has 2 unspecified atom stereocenters. The third-order valence-corrected chi connectivity index (χ3v) is 4.67. The van der Waals surface area contributed by atoms with E-state index < -0.39 is 0 Å². The SMILES string of the molecule is CC(C)NC(=O)N1CC(C(=O)NCCN(C)C)CCC1c1ccccc1. The molecule has 2 rings (SSSR count). The van der Waals surface area contributed by atoms with Crippen molar-refractivity contribution in [2.24, 2.45) is 5.92 Å². The summed E-state index contributed by atoms with van der Waals surface area (Å²) in [5.74, 6) is -0.115. The van der Waals surface area contributed by atoms with Gasteiger partial charge in [0.2, 0.25) is 5.91 Å². The normalized spacial score (nSPS) is 20.3. The lowest BCUT2D eigenvalue weighted by molar-refractivity contribution is -0.126. The van der Waals surface area contributed by atoms with Crippen LogP contribution in [0.15, 0.2) is 30.3 Å². The molecule has 1 aliphatic heterocycles. The number of hydrogen-bond donors (Lipinski definition) is 2. The summed E-state index contributed by atoms with van der Waals surface area (Å²) in [5, 5.41) is 5.98. The smallest absolute Gasteiger partial charge is 0.318 e. The van der Waals surface area contributed by atoms with Crippen LogP contribution < -0.4 is 10.6 Å². The van der Waals surface area contributed by atoms with Gasteiger partial charge >= 0.3 is 6.03 Å². The topological polar surface area (TPSA) is 64.7 Å². The van der Waals surface area contributed by atoms with Crippen molar-refractivity contribution in [3.63, 3.8) is 0 Å². The molecule has 1 fully saturated rings. The summed E-state index contributed by atoms with van der Waals surface area (Å²) in [4.78, 5) is 29.1. The van der Waals surface area contributed by atoms with Crippen molar-refractivity contribution in [1.29, 1.82) is 0 Å². The van der Waals surface area contributed by atoms with E-state index in [2.05, 4.69) is 22.8 Å². The summed E-state index contributed by atoms with van der Waals surface area (Å²) in [6.07, 6.45) is 1.58. The minimum absolute atomic E-state index is 0.0146. The third kappa shape index (κ3) is 5.73. The fraction of sp³-hybridized carbons (Fsp3) is 0.600. The number of rotatable bonds is 6. The van der Waals surface area contributed by atoms with Gasteiger partial charge in [0.05, 0.1) is 12.0 Å². The maximum absolute atomic E-state index is 12.7. The predicted molar refractivity (Wildman–Crippen MR) is 104 cm³/mol. The Labute approximate surface area is 156 Å². The van der Waals surface area contributed by atoms with E-state index in [9.17, 15) is 9.59 Å². The van der Waals surface area contributed by atoms with Crippen LogP contribution in [-0.4, -0.2) is 61.5 Å². The van der Waals surface area contributed by atoms with Gasteiger partial charge in [-0.3, -0.25) is 4.79 Å². The standard InChI is InChI=1S/C20H32N4O2/c1-15(2)22-20(26)24-14-17(19(25)21-12-13-23(3)4)10-11-18(24)16-8-6-5-7-9-16/h5-9,15,17-18H,10-14H2,1-4H3,(H,21,25)(H,22,26). The van der Waals surface area contributed by atoms with Crippen molar-refractivity contribution in [3.05, 3.63) is 35.9 Å². The molecule has 2 atom stereocenters. The molecule has 6 nitrogen and oxygen atoms in total. The largest absolute Gasteiger partial charge is 0.355 e. The van der Waals surface area contributed by atoms with E-state index in [4.69, 9.17) is 0 Å². The fourth-order valence-corrected chi connectivity index (χ4v) is 3.31. The van der Waals surface area contributed by atoms with Gasteiger partial charge in [0.25, 0.3) is 0 Å². The van der Waals surface area contributed by atoms with Gasteiger partial charge in [-0.15, -0.1) is 0 Å². The molecule has 1 saturated heterocycles. The summed E-state index contributed by atoms with van der Waals surface area (Å²) < 4.78 is 0. The third-order valence-electron chi connectivity index (χ3n) is 4.67. The number of likely N-dealkylation sites (N-methyl/N-ethyl adjacent to an activating group) is 1. The first-order valence-corrected chi connectivity index (χ1v) is 9.43. The first kappa shape index (κ1) is 20.2. The van der Waals surface area contributed by atoms with E-state index >= 15 is 0 Å². The second-order valence-electron chi connectivity index (χ2n) is 7.55. The van der Waals surface area contributed by atoms with E-state index in [0.29, 0.717) is 13.1 Å². The monoisotopic (exact) mass is 360 g/mol. The number of nitrogens with one attached hydrogen (secondary N) is 2. The molecular weight excluding hydrogens is 328 g/mol. The van der Waals surface area contributed by atoms with Crippen LogP contribution in [-0.2, 0) is 4.79 Å². The van der Waals surface area contributed by atoms with Crippen LogP contribution in [0.1, 0.15) is 38.3 Å². The van der Waals surface area contributed by atoms with Gasteiger partial charge < -0.3 is 20.4 Å². The Morgan fingerprint density at radius 2 is 1.88 bits per heavy atom. The molecule has 1 aliphatic rings. The molecule has 0 spiro atoms. The Balaban J connectivity index is 2.07. The Kier molecular flexibility index (Phi) is 7.45. The second-order valence-corrected chi connectivity index (χ2v) is 7.55. The summed E-state index contributed by atoms with van der Waals surface area (Å²) in [5.41, 5.74) is 1.12. The zero-order valence-corrected chi connectivity index (χ0v) is 16.4. The molecular formula is C20H32N4O2. The lowest BCUT2D eigenvalue weighted by atomic mass is 9.88. The number of hydrogen-bond acceptors (Lipinski definition) is 3. The molecule has 2 N–H and O–H groups in total. The molecule has 0 radical (unpaired) electrons. The molecule has 0 aromatic heterocycles. The van der Waals surface area contributed by atoms with Gasteiger partial charge in [0.15, 0.2) is 0 Å². The van der Waals surface area contributed by atoms with Gasteiger partial charge in [0.1, 0.15) is 0 Å². The van der Waals surface area contributed by atoms with E-state index in [1.807, 2.05) is 55.9 Å². The van der Waals surface area contributed by atoms with Gasteiger partial charge in [-0.2, -0.15) is 0 Å². The lowest BCUT2D eigenvalue weighted by Crippen LogP contribution is -2.51. The Bertz CT molecular complexity index is 589. The van der Waals surface area contributed by atoms with Gasteiger partial charge in [-0.05, 0) is 46.3 Å². The average Bonchev–Trinajstić information content (AvgIpc) is 2.61. The average molecular weight is 361 g/mol. The summed E-state index contributed by atoms with van der Waals surface area (Å²) >= 11 is 0. The number of benzene rings is 1. The highest BCUT2D eigenvalue weighted by molar-refractivity contribution is 5.81. The van der Waals surface area contributed by atoms with Crippen LogP contribution in [0, 0.1) is 5.92 Å². The lowest BCUT2D eigenvalue weighted by Gasteiger charge is -2.39. The molecule has 0 bridgehead atoms. The highest BCUT2D eigenvalue weighted by Gasteiger charge is 2.35. The number of piperidine rings is 1. The number of nitrogens with zero attached hydrogens (tertiary/aromatic N) is 2. The van der Waals surface area contributed by atoms with Crippen molar-refractivity contribution >= 4 is 11.9 Å². The molecule has 144 valence electrons. The van der Waals surface area contributed by atoms with Crippen LogP contribution in [0.3, 0.4) is 0 Å². The van der Waals surface area contributed by atoms with Crippen LogP contribution in [0.4, 0.5) is 4.79 Å². The predicted octanol–water partition coefficient (Wildman–Crippen LogP) is 2.24. The van der Waals surface area contributed by atoms with Crippen LogP contribution in [0.25, 0.3) is 0 Å². The Morgan fingerprint density at radius 1 is 1.19 bits per heavy atom. The van der Waals surface area contributed by atoms with Crippen LogP contribution in [0.5, 0.6) is 0 Å². The van der Waals surface area contributed by atoms with Crippen molar-refractivity contribution < 1.29 is 9.59 Å². The van der Waals surface area contributed by atoms with Gasteiger partial charge in [-0.1, -0.05) is 30.3 Å². The molecule has 0 aliphatic carbocycles. The molecule has 3 amide bonds. The highest BCUT2D eigenvalue weighted by atomic mass is 16.2. The van der Waals surface area contributed by atoms with E-state index in [1.54, 1.807) is 0 Å². The van der Waals surface area contributed by atoms with E-state index in [0.717, 1.165) is 24.9 Å². The number of carbonyl (C=O) groups excluding carboxylic acids is 2. The van der Waals surface area contributed by atoms with Crippen molar-refractivity contribution in [1.82, 2.24) is 20.4 Å². The second kappa shape index (κ2) is 9.57. The Hall–Kier alpha value is -2.08. The quantitative estimate of drug-likeness (QED) is 0.818. The number of urea groups is 1. The molecule has 1 heterocycles.